The first-order valence-electron chi connectivity index (χ1n) is 6.02. The van der Waals surface area contributed by atoms with E-state index in [4.69, 9.17) is 11.6 Å². The van der Waals surface area contributed by atoms with E-state index in [1.807, 2.05) is 4.90 Å². The third kappa shape index (κ3) is 2.21. The molecule has 19 heavy (non-hydrogen) atoms. The van der Waals surface area contributed by atoms with Crippen molar-refractivity contribution in [3.05, 3.63) is 11.6 Å². The molecule has 0 spiro atoms. The zero-order chi connectivity index (χ0) is 13.4. The van der Waals surface area contributed by atoms with E-state index in [-0.39, 0.29) is 11.2 Å². The van der Waals surface area contributed by atoms with E-state index < -0.39 is 0 Å². The van der Waals surface area contributed by atoms with E-state index in [1.165, 1.54) is 0 Å². The summed E-state index contributed by atoms with van der Waals surface area (Å²) in [5.74, 6) is 0.850. The van der Waals surface area contributed by atoms with Gasteiger partial charge in [0, 0.05) is 33.1 Å². The van der Waals surface area contributed by atoms with Gasteiger partial charge in [0.1, 0.15) is 5.52 Å². The third-order valence-electron chi connectivity index (χ3n) is 3.26. The van der Waals surface area contributed by atoms with Crippen molar-refractivity contribution < 1.29 is 4.79 Å². The lowest BCUT2D eigenvalue weighted by Gasteiger charge is -2.34. The molecule has 8 heteroatoms. The van der Waals surface area contributed by atoms with Crippen molar-refractivity contribution in [1.82, 2.24) is 24.8 Å². The smallest absolute Gasteiger partial charge is 0.226 e. The fourth-order valence-electron chi connectivity index (χ4n) is 2.25. The van der Waals surface area contributed by atoms with Gasteiger partial charge in [-0.15, -0.1) is 0 Å². The van der Waals surface area contributed by atoms with Crippen molar-refractivity contribution in [2.45, 2.75) is 6.92 Å². The van der Waals surface area contributed by atoms with Crippen molar-refractivity contribution in [2.24, 2.45) is 0 Å². The highest BCUT2D eigenvalue weighted by Gasteiger charge is 2.22. The van der Waals surface area contributed by atoms with Gasteiger partial charge in [-0.2, -0.15) is 9.97 Å². The summed E-state index contributed by atoms with van der Waals surface area (Å²) >= 11 is 5.91. The number of carbonyl (C=O) groups excluding carboxylic acids is 1. The Morgan fingerprint density at radius 2 is 2.05 bits per heavy atom. The number of aromatic amines is 1. The van der Waals surface area contributed by atoms with Crippen molar-refractivity contribution >= 4 is 34.5 Å². The van der Waals surface area contributed by atoms with Crippen molar-refractivity contribution in [3.8, 4) is 0 Å². The Morgan fingerprint density at radius 1 is 1.32 bits per heavy atom. The highest BCUT2D eigenvalue weighted by molar-refractivity contribution is 6.28. The van der Waals surface area contributed by atoms with Gasteiger partial charge >= 0.3 is 0 Å². The molecule has 3 rings (SSSR count). The number of piperazine rings is 1. The summed E-state index contributed by atoms with van der Waals surface area (Å²) in [6.07, 6.45) is 1.57. The summed E-state index contributed by atoms with van der Waals surface area (Å²) in [5.41, 5.74) is 1.34. The van der Waals surface area contributed by atoms with Crippen LogP contribution in [-0.4, -0.2) is 56.9 Å². The lowest BCUT2D eigenvalue weighted by Crippen LogP contribution is -2.48. The molecule has 0 bridgehead atoms. The molecule has 0 aliphatic carbocycles. The van der Waals surface area contributed by atoms with E-state index in [1.54, 1.807) is 13.3 Å². The van der Waals surface area contributed by atoms with Crippen molar-refractivity contribution in [3.63, 3.8) is 0 Å². The number of anilines is 1. The average Bonchev–Trinajstić information content (AvgIpc) is 2.85. The SMILES string of the molecule is CC(=O)N1CCN(c2nc(Cl)nc3nc[nH]c23)CC1. The summed E-state index contributed by atoms with van der Waals surface area (Å²) in [4.78, 5) is 30.7. The average molecular weight is 281 g/mol. The van der Waals surface area contributed by atoms with E-state index >= 15 is 0 Å². The van der Waals surface area contributed by atoms with Crippen LogP contribution in [-0.2, 0) is 4.79 Å². The Bertz CT molecular complexity index is 619. The number of aromatic nitrogens is 4. The van der Waals surface area contributed by atoms with Gasteiger partial charge in [0.2, 0.25) is 11.2 Å². The number of hydrogen-bond donors (Lipinski definition) is 1. The zero-order valence-electron chi connectivity index (χ0n) is 10.4. The maximum atomic E-state index is 11.3. The Balaban J connectivity index is 1.89. The van der Waals surface area contributed by atoms with Crippen LogP contribution in [0.2, 0.25) is 5.28 Å². The number of amides is 1. The van der Waals surface area contributed by atoms with Gasteiger partial charge in [0.05, 0.1) is 6.33 Å². The van der Waals surface area contributed by atoms with Gasteiger partial charge in [-0.05, 0) is 11.6 Å². The zero-order valence-corrected chi connectivity index (χ0v) is 11.2. The number of fused-ring (bicyclic) bond motifs is 1. The van der Waals surface area contributed by atoms with Gasteiger partial charge in [-0.1, -0.05) is 0 Å². The lowest BCUT2D eigenvalue weighted by molar-refractivity contribution is -0.129. The molecule has 1 aliphatic rings. The maximum Gasteiger partial charge on any atom is 0.226 e. The van der Waals surface area contributed by atoms with Crippen LogP contribution in [0, 0.1) is 0 Å². The van der Waals surface area contributed by atoms with Crippen molar-refractivity contribution in [2.75, 3.05) is 31.1 Å². The molecule has 1 fully saturated rings. The molecule has 0 aromatic carbocycles. The molecule has 0 radical (unpaired) electrons. The molecule has 1 saturated heterocycles. The Hall–Kier alpha value is -1.89. The first-order chi connectivity index (χ1) is 9.15. The van der Waals surface area contributed by atoms with Crippen molar-refractivity contribution in [1.29, 1.82) is 0 Å². The predicted molar refractivity (Wildman–Crippen MR) is 71.2 cm³/mol. The first-order valence-corrected chi connectivity index (χ1v) is 6.40. The van der Waals surface area contributed by atoms with Crippen LogP contribution >= 0.6 is 11.6 Å². The lowest BCUT2D eigenvalue weighted by atomic mass is 10.3. The van der Waals surface area contributed by atoms with Crippen LogP contribution in [0.1, 0.15) is 6.92 Å². The molecule has 1 aliphatic heterocycles. The van der Waals surface area contributed by atoms with E-state index in [9.17, 15) is 4.79 Å². The standard InChI is InChI=1S/C11H13ClN6O/c1-7(19)17-2-4-18(5-3-17)10-8-9(14-6-13-8)15-11(12)16-10/h6H,2-5H2,1H3,(H,13,14,15,16). The fourth-order valence-corrected chi connectivity index (χ4v) is 2.41. The number of rotatable bonds is 1. The second kappa shape index (κ2) is 4.65. The molecule has 2 aromatic heterocycles. The number of hydrogen-bond acceptors (Lipinski definition) is 5. The number of carbonyl (C=O) groups is 1. The summed E-state index contributed by atoms with van der Waals surface area (Å²) in [7, 11) is 0. The molecule has 1 amide bonds. The molecule has 1 N–H and O–H groups in total. The molecule has 0 saturated carbocycles. The van der Waals surface area contributed by atoms with Gasteiger partial charge in [-0.25, -0.2) is 4.98 Å². The Kier molecular flexibility index (Phi) is 2.98. The Labute approximate surface area is 114 Å². The van der Waals surface area contributed by atoms with Crippen LogP contribution in [0.4, 0.5) is 5.82 Å². The minimum absolute atomic E-state index is 0.104. The number of nitrogens with zero attached hydrogens (tertiary/aromatic N) is 5. The molecule has 0 atom stereocenters. The van der Waals surface area contributed by atoms with Gasteiger partial charge in [0.25, 0.3) is 0 Å². The van der Waals surface area contributed by atoms with Gasteiger partial charge in [0.15, 0.2) is 11.5 Å². The monoisotopic (exact) mass is 280 g/mol. The molecule has 100 valence electrons. The largest absolute Gasteiger partial charge is 0.351 e. The highest BCUT2D eigenvalue weighted by atomic mass is 35.5. The number of H-pyrrole nitrogens is 1. The van der Waals surface area contributed by atoms with Gasteiger partial charge in [-0.3, -0.25) is 4.79 Å². The topological polar surface area (TPSA) is 78.0 Å². The van der Waals surface area contributed by atoms with Crippen LogP contribution in [0.15, 0.2) is 6.33 Å². The van der Waals surface area contributed by atoms with Crippen LogP contribution in [0.25, 0.3) is 11.2 Å². The minimum atomic E-state index is 0.104. The molecular formula is C11H13ClN6O. The van der Waals surface area contributed by atoms with Crippen LogP contribution in [0.5, 0.6) is 0 Å². The highest BCUT2D eigenvalue weighted by Crippen LogP contribution is 2.23. The fraction of sp³-hybridized carbons (Fsp3) is 0.455. The van der Waals surface area contributed by atoms with Crippen LogP contribution in [0.3, 0.4) is 0 Å². The van der Waals surface area contributed by atoms with E-state index in [0.717, 1.165) is 24.4 Å². The molecule has 3 heterocycles. The third-order valence-corrected chi connectivity index (χ3v) is 3.43. The van der Waals surface area contributed by atoms with E-state index in [2.05, 4.69) is 24.8 Å². The quantitative estimate of drug-likeness (QED) is 0.777. The van der Waals surface area contributed by atoms with E-state index in [0.29, 0.717) is 18.7 Å². The second-order valence-corrected chi connectivity index (χ2v) is 4.75. The molecule has 0 unspecified atom stereocenters. The minimum Gasteiger partial charge on any atom is -0.351 e. The Morgan fingerprint density at radius 3 is 2.74 bits per heavy atom. The number of halogens is 1. The van der Waals surface area contributed by atoms with Crippen LogP contribution < -0.4 is 4.90 Å². The molecule has 7 nitrogen and oxygen atoms in total. The normalized spacial score (nSPS) is 16.1. The summed E-state index contributed by atoms with van der Waals surface area (Å²) in [5, 5.41) is 0.184. The number of imidazole rings is 1. The molecular weight excluding hydrogens is 268 g/mol. The second-order valence-electron chi connectivity index (χ2n) is 4.41. The number of nitrogens with one attached hydrogen (secondary N) is 1. The summed E-state index contributed by atoms with van der Waals surface area (Å²) < 4.78 is 0. The van der Waals surface area contributed by atoms with Gasteiger partial charge < -0.3 is 14.8 Å². The predicted octanol–water partition coefficient (Wildman–Crippen LogP) is 0.675. The first kappa shape index (κ1) is 12.2. The summed E-state index contributed by atoms with van der Waals surface area (Å²) in [6, 6.07) is 0. The maximum absolute atomic E-state index is 11.3. The molecule has 2 aromatic rings. The summed E-state index contributed by atoms with van der Waals surface area (Å²) in [6.45, 7) is 4.41.